The van der Waals surface area contributed by atoms with Gasteiger partial charge in [0.2, 0.25) is 0 Å². The first kappa shape index (κ1) is 21.3. The molecule has 0 atom stereocenters. The molecule has 0 aliphatic rings. The lowest BCUT2D eigenvalue weighted by molar-refractivity contribution is 0.414. The highest BCUT2D eigenvalue weighted by atomic mass is 32.2. The molecule has 25 heavy (non-hydrogen) atoms. The summed E-state index contributed by atoms with van der Waals surface area (Å²) in [5, 5.41) is 0.154. The van der Waals surface area contributed by atoms with E-state index in [1.54, 1.807) is 0 Å². The Bertz CT molecular complexity index is 783. The van der Waals surface area contributed by atoms with Gasteiger partial charge < -0.3 is 0 Å². The van der Waals surface area contributed by atoms with Crippen LogP contribution in [0, 0.1) is 11.5 Å². The zero-order valence-electron chi connectivity index (χ0n) is 15.5. The fraction of sp³-hybridized carbons (Fsp3) is 0.529. The van der Waals surface area contributed by atoms with Crippen molar-refractivity contribution in [2.24, 2.45) is 4.52 Å². The molecule has 0 spiro atoms. The van der Waals surface area contributed by atoms with E-state index < -0.39 is 18.3 Å². The number of azide groups is 1. The zero-order chi connectivity index (χ0) is 19.1. The Morgan fingerprint density at radius 3 is 2.36 bits per heavy atom. The van der Waals surface area contributed by atoms with E-state index in [0.717, 1.165) is 5.56 Å². The highest BCUT2D eigenvalue weighted by molar-refractivity contribution is 7.87. The van der Waals surface area contributed by atoms with Gasteiger partial charge in [-0.05, 0) is 16.1 Å². The summed E-state index contributed by atoms with van der Waals surface area (Å²) in [4.78, 5) is 2.44. The van der Waals surface area contributed by atoms with Gasteiger partial charge in [-0.1, -0.05) is 64.2 Å². The summed E-state index contributed by atoms with van der Waals surface area (Å²) in [6.07, 6.45) is 0.402. The van der Waals surface area contributed by atoms with Crippen molar-refractivity contribution >= 4 is 18.3 Å². The van der Waals surface area contributed by atoms with E-state index in [1.807, 2.05) is 30.3 Å². The molecule has 0 amide bonds. The van der Waals surface area contributed by atoms with E-state index in [1.165, 1.54) is 4.31 Å². The minimum Gasteiger partial charge on any atom is -0.204 e. The van der Waals surface area contributed by atoms with Crippen LogP contribution in [0.25, 0.3) is 10.4 Å². The van der Waals surface area contributed by atoms with Crippen LogP contribution >= 0.6 is 0 Å². The van der Waals surface area contributed by atoms with Crippen LogP contribution in [0.1, 0.15) is 32.8 Å². The molecule has 0 radical (unpaired) electrons. The largest absolute Gasteiger partial charge is 0.302 e. The molecule has 0 aromatic heterocycles. The summed E-state index contributed by atoms with van der Waals surface area (Å²) in [5.74, 6) is 3.13. The Balaban J connectivity index is 2.91. The molecule has 0 bridgehead atoms. The fourth-order valence-electron chi connectivity index (χ4n) is 1.81. The molecule has 0 aliphatic carbocycles. The maximum atomic E-state index is 12.2. The van der Waals surface area contributed by atoms with Crippen molar-refractivity contribution < 1.29 is 8.42 Å². The lowest BCUT2D eigenvalue weighted by Crippen LogP contribution is -2.35. The molecule has 1 aromatic rings. The molecule has 136 valence electrons. The highest BCUT2D eigenvalue weighted by Crippen LogP contribution is 2.35. The van der Waals surface area contributed by atoms with E-state index in [0.29, 0.717) is 6.42 Å². The number of benzene rings is 1. The Morgan fingerprint density at radius 1 is 1.24 bits per heavy atom. The minimum atomic E-state index is -4.03. The van der Waals surface area contributed by atoms with E-state index in [4.69, 9.17) is 5.53 Å². The second-order valence-corrected chi connectivity index (χ2v) is 14.0. The smallest absolute Gasteiger partial charge is 0.204 e. The van der Waals surface area contributed by atoms with Gasteiger partial charge in [0, 0.05) is 28.9 Å². The molecule has 0 saturated carbocycles. The fourth-order valence-corrected chi connectivity index (χ4v) is 3.58. The van der Waals surface area contributed by atoms with Gasteiger partial charge in [-0.15, -0.1) is 11.5 Å². The predicted molar refractivity (Wildman–Crippen MR) is 105 cm³/mol. The third-order valence-electron chi connectivity index (χ3n) is 4.43. The van der Waals surface area contributed by atoms with Crippen molar-refractivity contribution in [3.05, 3.63) is 46.3 Å². The molecule has 1 aromatic carbocycles. The van der Waals surface area contributed by atoms with Crippen molar-refractivity contribution in [2.75, 3.05) is 6.54 Å². The summed E-state index contributed by atoms with van der Waals surface area (Å²) in [7, 11) is -5.75. The maximum absolute atomic E-state index is 12.2. The number of hydrogen-bond acceptors (Lipinski definition) is 2. The Hall–Kier alpha value is -1.78. The van der Waals surface area contributed by atoms with Gasteiger partial charge in [0.05, 0.1) is 0 Å². The van der Waals surface area contributed by atoms with E-state index >= 15 is 0 Å². The van der Waals surface area contributed by atoms with Crippen molar-refractivity contribution in [1.82, 2.24) is 4.31 Å². The first-order valence-corrected chi connectivity index (χ1v) is 12.5. The van der Waals surface area contributed by atoms with Crippen LogP contribution in [0.2, 0.25) is 18.1 Å². The SMILES string of the molecule is CC(C)(C)[Si](C)(C)C#CCCN(Cc1ccccc1)S(=O)(=O)N=[N+]=[N-]. The normalized spacial score (nSPS) is 12.2. The van der Waals surface area contributed by atoms with Crippen molar-refractivity contribution in [1.29, 1.82) is 0 Å². The Morgan fingerprint density at radius 2 is 1.84 bits per heavy atom. The quantitative estimate of drug-likeness (QED) is 0.240. The van der Waals surface area contributed by atoms with Crippen LogP contribution in [0.5, 0.6) is 0 Å². The molecule has 0 aliphatic heterocycles. The average molecular weight is 379 g/mol. The molecule has 0 fully saturated rings. The van der Waals surface area contributed by atoms with Gasteiger partial charge in [-0.25, -0.2) is 8.42 Å². The van der Waals surface area contributed by atoms with Crippen LogP contribution in [0.3, 0.4) is 0 Å². The Labute approximate surface area is 152 Å². The molecule has 0 unspecified atom stereocenters. The van der Waals surface area contributed by atoms with E-state index in [2.05, 4.69) is 54.8 Å². The molecular formula is C17H26N4O2SSi. The standard InChI is InChI=1S/C17H26N4O2SSi/c1-17(2,3)25(4,5)14-10-9-13-21(24(22,23)20-19-18)15-16-11-7-6-8-12-16/h6-8,11-12H,9,13,15H2,1-5H3. The van der Waals surface area contributed by atoms with Gasteiger partial charge in [-0.2, -0.15) is 4.31 Å². The summed E-state index contributed by atoms with van der Waals surface area (Å²) in [6.45, 7) is 11.3. The summed E-state index contributed by atoms with van der Waals surface area (Å²) in [5.41, 5.74) is 12.7. The van der Waals surface area contributed by atoms with Crippen molar-refractivity contribution in [3.63, 3.8) is 0 Å². The lowest BCUT2D eigenvalue weighted by atomic mass is 10.2. The van der Waals surface area contributed by atoms with Crippen LogP contribution in [0.15, 0.2) is 34.9 Å². The second-order valence-electron chi connectivity index (χ2n) is 7.39. The van der Waals surface area contributed by atoms with Crippen LogP contribution in [0.4, 0.5) is 0 Å². The van der Waals surface area contributed by atoms with Crippen molar-refractivity contribution in [3.8, 4) is 11.5 Å². The second kappa shape index (κ2) is 8.54. The van der Waals surface area contributed by atoms with E-state index in [-0.39, 0.29) is 18.1 Å². The summed E-state index contributed by atoms with van der Waals surface area (Å²) in [6, 6.07) is 9.20. The first-order chi connectivity index (χ1) is 11.5. The monoisotopic (exact) mass is 378 g/mol. The predicted octanol–water partition coefficient (Wildman–Crippen LogP) is 4.48. The Kier molecular flexibility index (Phi) is 7.26. The van der Waals surface area contributed by atoms with Gasteiger partial charge in [-0.3, -0.25) is 0 Å². The number of hydrogen-bond donors (Lipinski definition) is 0. The lowest BCUT2D eigenvalue weighted by Gasteiger charge is -2.31. The van der Waals surface area contributed by atoms with Crippen LogP contribution in [-0.2, 0) is 16.8 Å². The molecule has 0 saturated heterocycles. The third-order valence-corrected chi connectivity index (χ3v) is 10.2. The first-order valence-electron chi connectivity index (χ1n) is 8.10. The van der Waals surface area contributed by atoms with Gasteiger partial charge in [0.25, 0.3) is 0 Å². The minimum absolute atomic E-state index is 0.154. The van der Waals surface area contributed by atoms with Gasteiger partial charge in [0.1, 0.15) is 8.07 Å². The van der Waals surface area contributed by atoms with Gasteiger partial charge >= 0.3 is 10.2 Å². The maximum Gasteiger partial charge on any atom is 0.302 e. The summed E-state index contributed by atoms with van der Waals surface area (Å²) < 4.78 is 28.4. The zero-order valence-corrected chi connectivity index (χ0v) is 17.3. The molecule has 0 N–H and O–H groups in total. The topological polar surface area (TPSA) is 86.1 Å². The number of nitrogens with zero attached hydrogens (tertiary/aromatic N) is 4. The van der Waals surface area contributed by atoms with Crippen molar-refractivity contribution in [2.45, 2.75) is 51.9 Å². The molecule has 1 rings (SSSR count). The van der Waals surface area contributed by atoms with Gasteiger partial charge in [0.15, 0.2) is 0 Å². The van der Waals surface area contributed by atoms with E-state index in [9.17, 15) is 8.42 Å². The summed E-state index contributed by atoms with van der Waals surface area (Å²) >= 11 is 0. The molecular weight excluding hydrogens is 352 g/mol. The average Bonchev–Trinajstić information content (AvgIpc) is 2.50. The third kappa shape index (κ3) is 6.56. The van der Waals surface area contributed by atoms with Crippen LogP contribution < -0.4 is 0 Å². The molecule has 0 heterocycles. The van der Waals surface area contributed by atoms with Crippen LogP contribution in [-0.4, -0.2) is 27.3 Å². The molecule has 6 nitrogen and oxygen atoms in total. The molecule has 8 heteroatoms. The highest BCUT2D eigenvalue weighted by Gasteiger charge is 2.33. The number of rotatable bonds is 6.